The van der Waals surface area contributed by atoms with E-state index in [1.807, 2.05) is 0 Å². The van der Waals surface area contributed by atoms with Crippen molar-refractivity contribution in [2.45, 2.75) is 44.7 Å². The highest BCUT2D eigenvalue weighted by Crippen LogP contribution is 2.24. The largest absolute Gasteiger partial charge is 0.314 e. The molecule has 2 N–H and O–H groups in total. The zero-order chi connectivity index (χ0) is 8.39. The first kappa shape index (κ1) is 8.52. The SMILES string of the molecule is CC1CCCCC1NC1CNC1. The van der Waals surface area contributed by atoms with Gasteiger partial charge in [-0.25, -0.2) is 0 Å². The van der Waals surface area contributed by atoms with Gasteiger partial charge in [0.25, 0.3) is 0 Å². The maximum absolute atomic E-state index is 3.74. The van der Waals surface area contributed by atoms with Crippen molar-refractivity contribution < 1.29 is 0 Å². The number of nitrogens with one attached hydrogen (secondary N) is 2. The molecule has 70 valence electrons. The molecule has 0 aromatic rings. The highest BCUT2D eigenvalue weighted by Gasteiger charge is 2.25. The lowest BCUT2D eigenvalue weighted by Crippen LogP contribution is -2.59. The Hall–Kier alpha value is -0.0800. The van der Waals surface area contributed by atoms with Gasteiger partial charge in [0, 0.05) is 25.2 Å². The second-order valence-corrected chi connectivity index (χ2v) is 4.39. The summed E-state index contributed by atoms with van der Waals surface area (Å²) in [6.45, 7) is 4.76. The minimum Gasteiger partial charge on any atom is -0.314 e. The van der Waals surface area contributed by atoms with E-state index in [-0.39, 0.29) is 0 Å². The lowest BCUT2D eigenvalue weighted by atomic mass is 9.85. The van der Waals surface area contributed by atoms with Gasteiger partial charge < -0.3 is 10.6 Å². The second-order valence-electron chi connectivity index (χ2n) is 4.39. The van der Waals surface area contributed by atoms with Gasteiger partial charge in [-0.3, -0.25) is 0 Å². The Bertz CT molecular complexity index is 143. The van der Waals surface area contributed by atoms with Crippen LogP contribution >= 0.6 is 0 Å². The summed E-state index contributed by atoms with van der Waals surface area (Å²) < 4.78 is 0. The highest BCUT2D eigenvalue weighted by atomic mass is 15.1. The molecule has 2 atom stereocenters. The van der Waals surface area contributed by atoms with Gasteiger partial charge in [-0.15, -0.1) is 0 Å². The summed E-state index contributed by atoms with van der Waals surface area (Å²) in [5, 5.41) is 7.05. The van der Waals surface area contributed by atoms with Crippen molar-refractivity contribution >= 4 is 0 Å². The zero-order valence-electron chi connectivity index (χ0n) is 7.97. The summed E-state index contributed by atoms with van der Waals surface area (Å²) in [5.74, 6) is 0.902. The van der Waals surface area contributed by atoms with Crippen LogP contribution in [0.3, 0.4) is 0 Å². The molecule has 2 rings (SSSR count). The molecule has 1 aliphatic heterocycles. The third kappa shape index (κ3) is 1.80. The van der Waals surface area contributed by atoms with Crippen LogP contribution in [0.1, 0.15) is 32.6 Å². The van der Waals surface area contributed by atoms with Crippen molar-refractivity contribution in [3.05, 3.63) is 0 Å². The summed E-state index contributed by atoms with van der Waals surface area (Å²) in [5.41, 5.74) is 0. The summed E-state index contributed by atoms with van der Waals surface area (Å²) in [6.07, 6.45) is 5.71. The average molecular weight is 168 g/mol. The van der Waals surface area contributed by atoms with Crippen molar-refractivity contribution in [2.24, 2.45) is 5.92 Å². The summed E-state index contributed by atoms with van der Waals surface area (Å²) in [6, 6.07) is 1.58. The number of rotatable bonds is 2. The molecule has 0 radical (unpaired) electrons. The van der Waals surface area contributed by atoms with Crippen molar-refractivity contribution in [1.29, 1.82) is 0 Å². The van der Waals surface area contributed by atoms with Gasteiger partial charge in [0.05, 0.1) is 0 Å². The molecule has 0 bridgehead atoms. The fraction of sp³-hybridized carbons (Fsp3) is 1.00. The molecule has 0 aromatic carbocycles. The van der Waals surface area contributed by atoms with Crippen LogP contribution < -0.4 is 10.6 Å². The van der Waals surface area contributed by atoms with Gasteiger partial charge >= 0.3 is 0 Å². The molecule has 0 aromatic heterocycles. The fourth-order valence-corrected chi connectivity index (χ4v) is 2.27. The maximum Gasteiger partial charge on any atom is 0.0320 e. The third-order valence-corrected chi connectivity index (χ3v) is 3.34. The molecule has 1 saturated heterocycles. The molecule has 2 nitrogen and oxygen atoms in total. The predicted octanol–water partition coefficient (Wildman–Crippen LogP) is 1.13. The summed E-state index contributed by atoms with van der Waals surface area (Å²) in [7, 11) is 0. The topological polar surface area (TPSA) is 24.1 Å². The Labute approximate surface area is 75.1 Å². The van der Waals surface area contributed by atoms with Gasteiger partial charge in [0.15, 0.2) is 0 Å². The Balaban J connectivity index is 1.76. The molecule has 0 amide bonds. The number of hydrogen-bond donors (Lipinski definition) is 2. The van der Waals surface area contributed by atoms with Gasteiger partial charge in [-0.1, -0.05) is 19.8 Å². The van der Waals surface area contributed by atoms with E-state index in [2.05, 4.69) is 17.6 Å². The molecule has 2 unspecified atom stereocenters. The highest BCUT2D eigenvalue weighted by molar-refractivity contribution is 4.88. The first-order valence-corrected chi connectivity index (χ1v) is 5.33. The van der Waals surface area contributed by atoms with E-state index < -0.39 is 0 Å². The Kier molecular flexibility index (Phi) is 2.66. The van der Waals surface area contributed by atoms with E-state index >= 15 is 0 Å². The van der Waals surface area contributed by atoms with Gasteiger partial charge in [-0.05, 0) is 18.8 Å². The lowest BCUT2D eigenvalue weighted by molar-refractivity contribution is 0.229. The van der Waals surface area contributed by atoms with E-state index in [1.165, 1.54) is 38.8 Å². The van der Waals surface area contributed by atoms with E-state index in [4.69, 9.17) is 0 Å². The van der Waals surface area contributed by atoms with E-state index in [1.54, 1.807) is 0 Å². The predicted molar refractivity (Wildman–Crippen MR) is 51.2 cm³/mol. The summed E-state index contributed by atoms with van der Waals surface area (Å²) >= 11 is 0. The van der Waals surface area contributed by atoms with Crippen LogP contribution in [-0.4, -0.2) is 25.2 Å². The van der Waals surface area contributed by atoms with Gasteiger partial charge in [-0.2, -0.15) is 0 Å². The molecule has 1 heterocycles. The van der Waals surface area contributed by atoms with Crippen LogP contribution in [0.2, 0.25) is 0 Å². The molecule has 2 heteroatoms. The second kappa shape index (κ2) is 3.75. The van der Waals surface area contributed by atoms with E-state index in [0.29, 0.717) is 0 Å². The van der Waals surface area contributed by atoms with Crippen LogP contribution in [0.25, 0.3) is 0 Å². The standard InChI is InChI=1S/C10H20N2/c1-8-4-2-3-5-10(8)12-9-6-11-7-9/h8-12H,2-7H2,1H3. The maximum atomic E-state index is 3.74. The Morgan fingerprint density at radius 3 is 2.50 bits per heavy atom. The van der Waals surface area contributed by atoms with Gasteiger partial charge in [0.2, 0.25) is 0 Å². The molecule has 2 fully saturated rings. The minimum atomic E-state index is 0.774. The Morgan fingerprint density at radius 1 is 1.17 bits per heavy atom. The molecule has 12 heavy (non-hydrogen) atoms. The van der Waals surface area contributed by atoms with E-state index in [0.717, 1.165) is 18.0 Å². The van der Waals surface area contributed by atoms with Gasteiger partial charge in [0.1, 0.15) is 0 Å². The van der Waals surface area contributed by atoms with Crippen molar-refractivity contribution in [1.82, 2.24) is 10.6 Å². The molecule has 0 spiro atoms. The van der Waals surface area contributed by atoms with Crippen LogP contribution in [0.5, 0.6) is 0 Å². The zero-order valence-corrected chi connectivity index (χ0v) is 7.97. The monoisotopic (exact) mass is 168 g/mol. The van der Waals surface area contributed by atoms with Crippen LogP contribution in [0, 0.1) is 5.92 Å². The van der Waals surface area contributed by atoms with Crippen molar-refractivity contribution in [3.63, 3.8) is 0 Å². The molecule has 1 aliphatic carbocycles. The van der Waals surface area contributed by atoms with Crippen molar-refractivity contribution in [3.8, 4) is 0 Å². The first-order valence-electron chi connectivity index (χ1n) is 5.33. The van der Waals surface area contributed by atoms with Crippen LogP contribution in [-0.2, 0) is 0 Å². The normalized spacial score (nSPS) is 37.8. The van der Waals surface area contributed by atoms with Crippen LogP contribution in [0.4, 0.5) is 0 Å². The molecular formula is C10H20N2. The summed E-state index contributed by atoms with van der Waals surface area (Å²) in [4.78, 5) is 0. The van der Waals surface area contributed by atoms with Crippen LogP contribution in [0.15, 0.2) is 0 Å². The third-order valence-electron chi connectivity index (χ3n) is 3.34. The minimum absolute atomic E-state index is 0.774. The van der Waals surface area contributed by atoms with E-state index in [9.17, 15) is 0 Å². The fourth-order valence-electron chi connectivity index (χ4n) is 2.27. The molecule has 1 saturated carbocycles. The molecule has 2 aliphatic rings. The average Bonchev–Trinajstić information content (AvgIpc) is 2.00. The lowest BCUT2D eigenvalue weighted by Gasteiger charge is -2.37. The first-order chi connectivity index (χ1) is 5.86. The Morgan fingerprint density at radius 2 is 1.92 bits per heavy atom. The number of hydrogen-bond acceptors (Lipinski definition) is 2. The molecular weight excluding hydrogens is 148 g/mol. The van der Waals surface area contributed by atoms with Crippen molar-refractivity contribution in [2.75, 3.05) is 13.1 Å². The smallest absolute Gasteiger partial charge is 0.0320 e. The quantitative estimate of drug-likeness (QED) is 0.646.